The number of carbonyl (C=O) groups excluding carboxylic acids is 1. The Kier molecular flexibility index (Phi) is 4.43. The van der Waals surface area contributed by atoms with Crippen molar-refractivity contribution in [2.75, 3.05) is 32.5 Å². The number of rotatable bonds is 3. The van der Waals surface area contributed by atoms with Crippen LogP contribution in [0, 0.1) is 12.8 Å². The SMILES string of the molecule is COCC1CCN(C(=O)c2ccc(N)c(C)c2)CC1. The molecule has 2 N–H and O–H groups in total. The molecule has 0 aromatic heterocycles. The van der Waals surface area contributed by atoms with Crippen molar-refractivity contribution in [3.05, 3.63) is 29.3 Å². The standard InChI is InChI=1S/C15H22N2O2/c1-11-9-13(3-4-14(11)16)15(18)17-7-5-12(6-8-17)10-19-2/h3-4,9,12H,5-8,10,16H2,1-2H3. The van der Waals surface area contributed by atoms with Crippen molar-refractivity contribution in [2.24, 2.45) is 5.92 Å². The van der Waals surface area contributed by atoms with Crippen LogP contribution < -0.4 is 5.73 Å². The number of carbonyl (C=O) groups is 1. The molecule has 1 saturated heterocycles. The molecular formula is C15H22N2O2. The normalized spacial score (nSPS) is 16.6. The quantitative estimate of drug-likeness (QED) is 0.848. The second-order valence-corrected chi connectivity index (χ2v) is 5.26. The Hall–Kier alpha value is -1.55. The number of nitrogens with zero attached hydrogens (tertiary/aromatic N) is 1. The van der Waals surface area contributed by atoms with Gasteiger partial charge in [-0.3, -0.25) is 4.79 Å². The fraction of sp³-hybridized carbons (Fsp3) is 0.533. The third kappa shape index (κ3) is 3.26. The Labute approximate surface area is 114 Å². The number of amides is 1. The summed E-state index contributed by atoms with van der Waals surface area (Å²) in [5, 5.41) is 0. The van der Waals surface area contributed by atoms with Crippen molar-refractivity contribution in [3.8, 4) is 0 Å². The largest absolute Gasteiger partial charge is 0.399 e. The third-order valence-electron chi connectivity index (χ3n) is 3.82. The molecule has 1 heterocycles. The van der Waals surface area contributed by atoms with E-state index in [2.05, 4.69) is 0 Å². The zero-order valence-corrected chi connectivity index (χ0v) is 11.7. The van der Waals surface area contributed by atoms with Crippen molar-refractivity contribution in [1.29, 1.82) is 0 Å². The molecule has 2 rings (SSSR count). The van der Waals surface area contributed by atoms with Gasteiger partial charge in [-0.05, 0) is 49.4 Å². The van der Waals surface area contributed by atoms with Crippen LogP contribution in [-0.4, -0.2) is 37.6 Å². The molecule has 4 heteroatoms. The van der Waals surface area contributed by atoms with Gasteiger partial charge in [-0.15, -0.1) is 0 Å². The first kappa shape index (κ1) is 13.9. The number of nitrogens with two attached hydrogens (primary N) is 1. The van der Waals surface area contributed by atoms with Crippen LogP contribution in [0.4, 0.5) is 5.69 Å². The molecule has 1 amide bonds. The van der Waals surface area contributed by atoms with Gasteiger partial charge >= 0.3 is 0 Å². The molecule has 0 bridgehead atoms. The molecule has 0 radical (unpaired) electrons. The number of hydrogen-bond acceptors (Lipinski definition) is 3. The van der Waals surface area contributed by atoms with Crippen LogP contribution in [0.2, 0.25) is 0 Å². The van der Waals surface area contributed by atoms with Gasteiger partial charge in [-0.2, -0.15) is 0 Å². The highest BCUT2D eigenvalue weighted by atomic mass is 16.5. The highest BCUT2D eigenvalue weighted by Crippen LogP contribution is 2.20. The number of hydrogen-bond donors (Lipinski definition) is 1. The first-order valence-corrected chi connectivity index (χ1v) is 6.76. The summed E-state index contributed by atoms with van der Waals surface area (Å²) in [6.07, 6.45) is 2.04. The summed E-state index contributed by atoms with van der Waals surface area (Å²) in [7, 11) is 1.73. The molecule has 104 valence electrons. The highest BCUT2D eigenvalue weighted by Gasteiger charge is 2.23. The second kappa shape index (κ2) is 6.06. The van der Waals surface area contributed by atoms with E-state index in [1.807, 2.05) is 24.0 Å². The van der Waals surface area contributed by atoms with E-state index in [1.165, 1.54) is 0 Å². The van der Waals surface area contributed by atoms with Crippen LogP contribution in [0.15, 0.2) is 18.2 Å². The van der Waals surface area contributed by atoms with E-state index in [0.717, 1.165) is 49.4 Å². The summed E-state index contributed by atoms with van der Waals surface area (Å²) in [4.78, 5) is 14.3. The Morgan fingerprint density at radius 2 is 2.11 bits per heavy atom. The lowest BCUT2D eigenvalue weighted by Gasteiger charge is -2.31. The number of likely N-dealkylation sites (tertiary alicyclic amines) is 1. The van der Waals surface area contributed by atoms with Crippen LogP contribution in [0.25, 0.3) is 0 Å². The highest BCUT2D eigenvalue weighted by molar-refractivity contribution is 5.94. The number of anilines is 1. The van der Waals surface area contributed by atoms with E-state index in [0.29, 0.717) is 5.92 Å². The van der Waals surface area contributed by atoms with Crippen LogP contribution in [0.1, 0.15) is 28.8 Å². The van der Waals surface area contributed by atoms with Crippen LogP contribution in [0.3, 0.4) is 0 Å². The molecule has 1 aromatic rings. The van der Waals surface area contributed by atoms with Gasteiger partial charge in [0.05, 0.1) is 0 Å². The fourth-order valence-electron chi connectivity index (χ4n) is 2.53. The van der Waals surface area contributed by atoms with Gasteiger partial charge in [0.25, 0.3) is 5.91 Å². The monoisotopic (exact) mass is 262 g/mol. The molecule has 0 saturated carbocycles. The molecular weight excluding hydrogens is 240 g/mol. The maximum atomic E-state index is 12.4. The Morgan fingerprint density at radius 1 is 1.42 bits per heavy atom. The number of benzene rings is 1. The third-order valence-corrected chi connectivity index (χ3v) is 3.82. The Morgan fingerprint density at radius 3 is 2.68 bits per heavy atom. The van der Waals surface area contributed by atoms with Gasteiger partial charge in [0.15, 0.2) is 0 Å². The number of piperidine rings is 1. The smallest absolute Gasteiger partial charge is 0.253 e. The minimum atomic E-state index is 0.110. The van der Waals surface area contributed by atoms with Crippen molar-refractivity contribution in [2.45, 2.75) is 19.8 Å². The summed E-state index contributed by atoms with van der Waals surface area (Å²) in [6, 6.07) is 5.49. The first-order chi connectivity index (χ1) is 9.11. The maximum Gasteiger partial charge on any atom is 0.253 e. The van der Waals surface area contributed by atoms with Crippen molar-refractivity contribution in [3.63, 3.8) is 0 Å². The van der Waals surface area contributed by atoms with Gasteiger partial charge in [0.2, 0.25) is 0 Å². The molecule has 0 unspecified atom stereocenters. The van der Waals surface area contributed by atoms with Gasteiger partial charge in [0, 0.05) is 38.1 Å². The minimum absolute atomic E-state index is 0.110. The minimum Gasteiger partial charge on any atom is -0.399 e. The average molecular weight is 262 g/mol. The molecule has 4 nitrogen and oxygen atoms in total. The van der Waals surface area contributed by atoms with E-state index in [4.69, 9.17) is 10.5 Å². The van der Waals surface area contributed by atoms with E-state index < -0.39 is 0 Å². The van der Waals surface area contributed by atoms with E-state index in [1.54, 1.807) is 13.2 Å². The average Bonchev–Trinajstić information content (AvgIpc) is 2.42. The lowest BCUT2D eigenvalue weighted by molar-refractivity contribution is 0.0613. The van der Waals surface area contributed by atoms with Crippen LogP contribution in [-0.2, 0) is 4.74 Å². The molecule has 19 heavy (non-hydrogen) atoms. The predicted octanol–water partition coefficient (Wildman–Crippen LogP) is 2.08. The topological polar surface area (TPSA) is 55.6 Å². The van der Waals surface area contributed by atoms with Gasteiger partial charge < -0.3 is 15.4 Å². The fourth-order valence-corrected chi connectivity index (χ4v) is 2.53. The second-order valence-electron chi connectivity index (χ2n) is 5.26. The molecule has 1 aliphatic heterocycles. The number of nitrogen functional groups attached to an aromatic ring is 1. The lowest BCUT2D eigenvalue weighted by atomic mass is 9.97. The lowest BCUT2D eigenvalue weighted by Crippen LogP contribution is -2.39. The molecule has 1 aromatic carbocycles. The number of aryl methyl sites for hydroxylation is 1. The molecule has 0 aliphatic carbocycles. The summed E-state index contributed by atoms with van der Waals surface area (Å²) >= 11 is 0. The van der Waals surface area contributed by atoms with Gasteiger partial charge in [-0.1, -0.05) is 0 Å². The van der Waals surface area contributed by atoms with Crippen molar-refractivity contribution >= 4 is 11.6 Å². The summed E-state index contributed by atoms with van der Waals surface area (Å²) in [5.74, 6) is 0.696. The molecule has 1 fully saturated rings. The summed E-state index contributed by atoms with van der Waals surface area (Å²) in [5.41, 5.74) is 8.20. The molecule has 0 atom stereocenters. The maximum absolute atomic E-state index is 12.4. The Bertz CT molecular complexity index is 451. The van der Waals surface area contributed by atoms with Crippen molar-refractivity contribution in [1.82, 2.24) is 4.90 Å². The van der Waals surface area contributed by atoms with Gasteiger partial charge in [0.1, 0.15) is 0 Å². The van der Waals surface area contributed by atoms with Crippen molar-refractivity contribution < 1.29 is 9.53 Å². The zero-order chi connectivity index (χ0) is 13.8. The number of ether oxygens (including phenoxy) is 1. The van der Waals surface area contributed by atoms with E-state index in [9.17, 15) is 4.79 Å². The van der Waals surface area contributed by atoms with Crippen LogP contribution >= 0.6 is 0 Å². The van der Waals surface area contributed by atoms with Crippen LogP contribution in [0.5, 0.6) is 0 Å². The molecule has 1 aliphatic rings. The summed E-state index contributed by atoms with van der Waals surface area (Å²) < 4.78 is 5.17. The predicted molar refractivity (Wildman–Crippen MR) is 76.1 cm³/mol. The number of methoxy groups -OCH3 is 1. The summed E-state index contributed by atoms with van der Waals surface area (Å²) in [6.45, 7) is 4.35. The zero-order valence-electron chi connectivity index (χ0n) is 11.7. The first-order valence-electron chi connectivity index (χ1n) is 6.76. The van der Waals surface area contributed by atoms with E-state index in [-0.39, 0.29) is 5.91 Å². The van der Waals surface area contributed by atoms with Gasteiger partial charge in [-0.25, -0.2) is 0 Å². The van der Waals surface area contributed by atoms with E-state index >= 15 is 0 Å². The molecule has 0 spiro atoms. The Balaban J connectivity index is 1.99.